The molecule has 3 rings (SSSR count). The normalized spacial score (nSPS) is 10.6. The third-order valence-electron chi connectivity index (χ3n) is 4.45. The van der Waals surface area contributed by atoms with Gasteiger partial charge in [-0.25, -0.2) is 4.98 Å². The molecule has 0 spiro atoms. The molecule has 0 unspecified atom stereocenters. The van der Waals surface area contributed by atoms with E-state index in [4.69, 9.17) is 11.5 Å². The fourth-order valence-corrected chi connectivity index (χ4v) is 3.01. The van der Waals surface area contributed by atoms with Gasteiger partial charge in [0.2, 0.25) is 0 Å². The first kappa shape index (κ1) is 19.0. The monoisotopic (exact) mass is 376 g/mol. The van der Waals surface area contributed by atoms with E-state index in [0.29, 0.717) is 5.69 Å². The summed E-state index contributed by atoms with van der Waals surface area (Å²) in [6.07, 6.45) is -1.35. The second kappa shape index (κ2) is 8.30. The summed E-state index contributed by atoms with van der Waals surface area (Å²) in [4.78, 5) is 16.5. The minimum atomic E-state index is -1.35. The molecule has 0 aliphatic rings. The van der Waals surface area contributed by atoms with E-state index >= 15 is 0 Å². The molecule has 0 saturated carbocycles. The first-order valence-corrected chi connectivity index (χ1v) is 8.92. The molecule has 28 heavy (non-hydrogen) atoms. The average molecular weight is 376 g/mol. The molecule has 144 valence electrons. The van der Waals surface area contributed by atoms with E-state index in [2.05, 4.69) is 10.3 Å². The number of nitrogens with two attached hydrogens (primary N) is 2. The Kier molecular flexibility index (Phi) is 5.64. The van der Waals surface area contributed by atoms with Crippen molar-refractivity contribution in [1.29, 1.82) is 0 Å². The van der Waals surface area contributed by atoms with Crippen molar-refractivity contribution in [2.75, 3.05) is 28.2 Å². The quantitative estimate of drug-likeness (QED) is 0.608. The van der Waals surface area contributed by atoms with E-state index in [1.54, 1.807) is 13.0 Å². The second-order valence-electron chi connectivity index (χ2n) is 6.24. The van der Waals surface area contributed by atoms with Crippen molar-refractivity contribution in [2.45, 2.75) is 13.0 Å². The molecule has 7 nitrogen and oxygen atoms in total. The fourth-order valence-electron chi connectivity index (χ4n) is 3.01. The summed E-state index contributed by atoms with van der Waals surface area (Å²) in [5.41, 5.74) is 14.9. The third-order valence-corrected chi connectivity index (χ3v) is 4.45. The molecule has 0 atom stereocenters. The van der Waals surface area contributed by atoms with Gasteiger partial charge in [-0.3, -0.25) is 0 Å². The minimum Gasteiger partial charge on any atom is -0.530 e. The molecular weight excluding hydrogens is 354 g/mol. The highest BCUT2D eigenvalue weighted by atomic mass is 16.4. The predicted octanol–water partition coefficient (Wildman–Crippen LogP) is 2.62. The van der Waals surface area contributed by atoms with Crippen molar-refractivity contribution < 1.29 is 9.90 Å². The molecule has 0 aliphatic carbocycles. The number of aromatic nitrogens is 1. The van der Waals surface area contributed by atoms with Crippen LogP contribution in [0.15, 0.2) is 66.7 Å². The van der Waals surface area contributed by atoms with Crippen LogP contribution in [0.25, 0.3) is 0 Å². The third kappa shape index (κ3) is 3.98. The molecule has 0 radical (unpaired) electrons. The van der Waals surface area contributed by atoms with Crippen LogP contribution in [0.4, 0.5) is 27.8 Å². The molecule has 1 amide bonds. The maximum absolute atomic E-state index is 11.4. The number of anilines is 4. The lowest BCUT2D eigenvalue weighted by Crippen LogP contribution is -2.41. The Bertz CT molecular complexity index is 908. The Morgan fingerprint density at radius 1 is 1.07 bits per heavy atom. The summed E-state index contributed by atoms with van der Waals surface area (Å²) in [5, 5.41) is 14.8. The smallest absolute Gasteiger partial charge is 0.151 e. The lowest BCUT2D eigenvalue weighted by atomic mass is 9.98. The van der Waals surface area contributed by atoms with Crippen LogP contribution >= 0.6 is 0 Å². The summed E-state index contributed by atoms with van der Waals surface area (Å²) in [6.45, 7) is 1.87. The molecule has 0 bridgehead atoms. The first-order valence-electron chi connectivity index (χ1n) is 8.92. The molecule has 0 fully saturated rings. The molecule has 0 saturated heterocycles. The van der Waals surface area contributed by atoms with Crippen LogP contribution in [-0.4, -0.2) is 17.6 Å². The van der Waals surface area contributed by atoms with E-state index < -0.39 is 6.09 Å². The highest BCUT2D eigenvalue weighted by Crippen LogP contribution is 2.34. The number of nitrogens with zero attached hydrogens (tertiary/aromatic N) is 2. The van der Waals surface area contributed by atoms with Crippen LogP contribution in [-0.2, 0) is 0 Å². The maximum atomic E-state index is 11.4. The standard InChI is InChI=1S/C21H23N5O2/c1-2-26(21(27)28)17-13-16(18(22)20(23)25-17)24-19(14-9-5-3-6-10-14)15-11-7-4-8-12-15/h3-13,19H,2,22H2,1H3,(H,27,28)(H3,23,24,25)/p-1. The number of carbonyl (C=O) groups excluding carboxylic acids is 1. The Morgan fingerprint density at radius 3 is 2.07 bits per heavy atom. The Morgan fingerprint density at radius 2 is 1.61 bits per heavy atom. The Hall–Kier alpha value is -3.74. The molecule has 1 heterocycles. The number of carboxylic acid groups (broad SMARTS) is 1. The van der Waals surface area contributed by atoms with E-state index in [-0.39, 0.29) is 29.9 Å². The van der Waals surface area contributed by atoms with Gasteiger partial charge in [0.25, 0.3) is 0 Å². The average Bonchev–Trinajstić information content (AvgIpc) is 2.71. The minimum absolute atomic E-state index is 0.0552. The topological polar surface area (TPSA) is 120 Å². The summed E-state index contributed by atoms with van der Waals surface area (Å²) in [7, 11) is 0. The summed E-state index contributed by atoms with van der Waals surface area (Å²) in [5.74, 6) is 0.219. The van der Waals surface area contributed by atoms with Gasteiger partial charge in [-0.1, -0.05) is 60.7 Å². The van der Waals surface area contributed by atoms with E-state index in [1.165, 1.54) is 0 Å². The van der Waals surface area contributed by atoms with E-state index in [1.807, 2.05) is 60.7 Å². The van der Waals surface area contributed by atoms with Crippen LogP contribution in [0.3, 0.4) is 0 Å². The van der Waals surface area contributed by atoms with Gasteiger partial charge in [-0.05, 0) is 18.1 Å². The van der Waals surface area contributed by atoms with E-state index in [0.717, 1.165) is 16.0 Å². The summed E-state index contributed by atoms with van der Waals surface area (Å²) < 4.78 is 0. The molecule has 5 N–H and O–H groups in total. The number of hydrogen-bond donors (Lipinski definition) is 3. The highest BCUT2D eigenvalue weighted by Gasteiger charge is 2.18. The molecule has 3 aromatic rings. The van der Waals surface area contributed by atoms with Crippen molar-refractivity contribution >= 4 is 29.1 Å². The largest absolute Gasteiger partial charge is 0.530 e. The lowest BCUT2D eigenvalue weighted by Gasteiger charge is -2.26. The number of benzene rings is 2. The maximum Gasteiger partial charge on any atom is 0.151 e. The van der Waals surface area contributed by atoms with Gasteiger partial charge >= 0.3 is 0 Å². The number of carbonyl (C=O) groups is 1. The first-order chi connectivity index (χ1) is 13.5. The van der Waals surface area contributed by atoms with E-state index in [9.17, 15) is 9.90 Å². The van der Waals surface area contributed by atoms with Crippen molar-refractivity contribution in [1.82, 2.24) is 4.98 Å². The molecule has 2 aromatic carbocycles. The number of nitrogens with one attached hydrogen (secondary N) is 1. The number of pyridine rings is 1. The van der Waals surface area contributed by atoms with Crippen LogP contribution in [0.2, 0.25) is 0 Å². The second-order valence-corrected chi connectivity index (χ2v) is 6.24. The lowest BCUT2D eigenvalue weighted by molar-refractivity contribution is -0.246. The van der Waals surface area contributed by atoms with Crippen LogP contribution < -0.4 is 26.8 Å². The molecule has 0 aliphatic heterocycles. The van der Waals surface area contributed by atoms with Crippen molar-refractivity contribution in [3.05, 3.63) is 77.9 Å². The summed E-state index contributed by atoms with van der Waals surface area (Å²) in [6, 6.07) is 21.1. The number of amides is 1. The zero-order valence-electron chi connectivity index (χ0n) is 15.5. The van der Waals surface area contributed by atoms with Gasteiger partial charge in [0.05, 0.1) is 17.4 Å². The fraction of sp³-hybridized carbons (Fsp3) is 0.143. The number of nitrogen functional groups attached to an aromatic ring is 2. The number of hydrogen-bond acceptors (Lipinski definition) is 6. The van der Waals surface area contributed by atoms with Gasteiger partial charge in [-0.2, -0.15) is 0 Å². The van der Waals surface area contributed by atoms with Gasteiger partial charge in [-0.15, -0.1) is 0 Å². The zero-order chi connectivity index (χ0) is 20.1. The Labute approximate surface area is 163 Å². The van der Waals surface area contributed by atoms with Crippen molar-refractivity contribution in [2.24, 2.45) is 0 Å². The van der Waals surface area contributed by atoms with Crippen molar-refractivity contribution in [3.8, 4) is 0 Å². The SMILES string of the molecule is CCN(C(=O)[O-])c1cc(NC(c2ccccc2)c2ccccc2)c(N)c(N)n1. The highest BCUT2D eigenvalue weighted by molar-refractivity contribution is 5.87. The predicted molar refractivity (Wildman–Crippen MR) is 110 cm³/mol. The van der Waals surface area contributed by atoms with Gasteiger partial charge in [0.1, 0.15) is 11.9 Å². The number of rotatable bonds is 6. The van der Waals surface area contributed by atoms with Crippen LogP contribution in [0.5, 0.6) is 0 Å². The van der Waals surface area contributed by atoms with Crippen molar-refractivity contribution in [3.63, 3.8) is 0 Å². The van der Waals surface area contributed by atoms with Gasteiger partial charge in [0, 0.05) is 12.6 Å². The van der Waals surface area contributed by atoms with Crippen LogP contribution in [0.1, 0.15) is 24.1 Å². The molecule has 1 aromatic heterocycles. The zero-order valence-corrected chi connectivity index (χ0v) is 15.5. The van der Waals surface area contributed by atoms with Gasteiger partial charge < -0.3 is 31.6 Å². The molecule has 7 heteroatoms. The van der Waals surface area contributed by atoms with Crippen LogP contribution in [0, 0.1) is 0 Å². The Balaban J connectivity index is 2.06. The summed E-state index contributed by atoms with van der Waals surface area (Å²) >= 11 is 0. The van der Waals surface area contributed by atoms with Gasteiger partial charge in [0.15, 0.2) is 5.82 Å². The molecular formula is C21H22N5O2-.